The Hall–Kier alpha value is -1.60. The zero-order valence-corrected chi connectivity index (χ0v) is 13.5. The third-order valence-electron chi connectivity index (χ3n) is 4.09. The number of hydrogen-bond donors (Lipinski definition) is 1. The normalized spacial score (nSPS) is 12.3. The first-order valence-electron chi connectivity index (χ1n) is 8.10. The molecule has 0 heterocycles. The molecule has 0 spiro atoms. The molecule has 0 fully saturated rings. The van der Waals surface area contributed by atoms with Crippen LogP contribution in [-0.4, -0.2) is 6.54 Å². The Morgan fingerprint density at radius 3 is 2.33 bits per heavy atom. The average molecular weight is 281 g/mol. The Labute approximate surface area is 129 Å². The molecule has 0 aliphatic rings. The molecule has 1 unspecified atom stereocenters. The van der Waals surface area contributed by atoms with E-state index in [9.17, 15) is 0 Å². The lowest BCUT2D eigenvalue weighted by atomic mass is 10.0. The number of aryl methyl sites for hydroxylation is 2. The molecule has 0 aliphatic carbocycles. The van der Waals surface area contributed by atoms with Gasteiger partial charge in [-0.25, -0.2) is 0 Å². The summed E-state index contributed by atoms with van der Waals surface area (Å²) < 4.78 is 0. The highest BCUT2D eigenvalue weighted by Gasteiger charge is 2.08. The Morgan fingerprint density at radius 1 is 0.952 bits per heavy atom. The zero-order valence-electron chi connectivity index (χ0n) is 13.5. The Balaban J connectivity index is 1.90. The van der Waals surface area contributed by atoms with Crippen LogP contribution in [0.5, 0.6) is 0 Å². The predicted octanol–water partition coefficient (Wildman–Crippen LogP) is 4.84. The maximum atomic E-state index is 3.69. The minimum absolute atomic E-state index is 0.459. The van der Waals surface area contributed by atoms with Gasteiger partial charge in [-0.1, -0.05) is 67.9 Å². The maximum Gasteiger partial charge on any atom is 0.0317 e. The second-order valence-electron chi connectivity index (χ2n) is 5.75. The van der Waals surface area contributed by atoms with Gasteiger partial charge in [-0.2, -0.15) is 0 Å². The topological polar surface area (TPSA) is 12.0 Å². The summed E-state index contributed by atoms with van der Waals surface area (Å²) in [5.74, 6) is 0. The fourth-order valence-corrected chi connectivity index (χ4v) is 2.74. The van der Waals surface area contributed by atoms with Crippen LogP contribution < -0.4 is 5.32 Å². The minimum Gasteiger partial charge on any atom is -0.310 e. The molecule has 0 aromatic heterocycles. The molecule has 0 saturated carbocycles. The van der Waals surface area contributed by atoms with Gasteiger partial charge in [0.25, 0.3) is 0 Å². The standard InChI is InChI=1S/C20H27N/c1-4-17-9-11-19(12-10-17)20(5-2)21-14-13-18-8-6-7-16(3)15-18/h6-12,15,20-21H,4-5,13-14H2,1-3H3. The van der Waals surface area contributed by atoms with Crippen LogP contribution in [0.1, 0.15) is 48.6 Å². The predicted molar refractivity (Wildman–Crippen MR) is 91.7 cm³/mol. The van der Waals surface area contributed by atoms with E-state index in [0.717, 1.165) is 25.8 Å². The zero-order chi connectivity index (χ0) is 15.1. The van der Waals surface area contributed by atoms with Crippen molar-refractivity contribution < 1.29 is 0 Å². The second-order valence-corrected chi connectivity index (χ2v) is 5.75. The van der Waals surface area contributed by atoms with Crippen LogP contribution >= 0.6 is 0 Å². The molecule has 0 saturated heterocycles. The van der Waals surface area contributed by atoms with Crippen molar-refractivity contribution in [2.45, 2.75) is 46.1 Å². The highest BCUT2D eigenvalue weighted by atomic mass is 14.9. The van der Waals surface area contributed by atoms with Crippen LogP contribution in [0, 0.1) is 6.92 Å². The molecule has 2 aromatic rings. The van der Waals surface area contributed by atoms with E-state index in [0.29, 0.717) is 6.04 Å². The first-order valence-corrected chi connectivity index (χ1v) is 8.10. The van der Waals surface area contributed by atoms with Gasteiger partial charge in [0, 0.05) is 6.04 Å². The summed E-state index contributed by atoms with van der Waals surface area (Å²) in [7, 11) is 0. The number of benzene rings is 2. The van der Waals surface area contributed by atoms with Crippen molar-refractivity contribution in [3.05, 3.63) is 70.8 Å². The smallest absolute Gasteiger partial charge is 0.0317 e. The molecule has 0 aliphatic heterocycles. The van der Waals surface area contributed by atoms with Gasteiger partial charge in [0.05, 0.1) is 0 Å². The fourth-order valence-electron chi connectivity index (χ4n) is 2.74. The van der Waals surface area contributed by atoms with Crippen LogP contribution in [0.15, 0.2) is 48.5 Å². The summed E-state index contributed by atoms with van der Waals surface area (Å²) in [6.45, 7) is 7.63. The third-order valence-corrected chi connectivity index (χ3v) is 4.09. The monoisotopic (exact) mass is 281 g/mol. The van der Waals surface area contributed by atoms with E-state index in [1.807, 2.05) is 0 Å². The number of nitrogens with one attached hydrogen (secondary N) is 1. The highest BCUT2D eigenvalue weighted by molar-refractivity contribution is 5.25. The summed E-state index contributed by atoms with van der Waals surface area (Å²) in [5.41, 5.74) is 5.57. The molecular weight excluding hydrogens is 254 g/mol. The van der Waals surface area contributed by atoms with Gasteiger partial charge in [-0.15, -0.1) is 0 Å². The summed E-state index contributed by atoms with van der Waals surface area (Å²) >= 11 is 0. The Kier molecular flexibility index (Phi) is 6.01. The average Bonchev–Trinajstić information content (AvgIpc) is 2.52. The van der Waals surface area contributed by atoms with E-state index in [4.69, 9.17) is 0 Å². The van der Waals surface area contributed by atoms with Crippen molar-refractivity contribution in [1.82, 2.24) is 5.32 Å². The molecule has 1 nitrogen and oxygen atoms in total. The molecule has 1 atom stereocenters. The molecule has 0 bridgehead atoms. The quantitative estimate of drug-likeness (QED) is 0.765. The van der Waals surface area contributed by atoms with Gasteiger partial charge in [0.15, 0.2) is 0 Å². The largest absolute Gasteiger partial charge is 0.310 e. The van der Waals surface area contributed by atoms with Gasteiger partial charge >= 0.3 is 0 Å². The van der Waals surface area contributed by atoms with Gasteiger partial charge in [0.2, 0.25) is 0 Å². The summed E-state index contributed by atoms with van der Waals surface area (Å²) in [6.07, 6.45) is 3.32. The van der Waals surface area contributed by atoms with E-state index in [-0.39, 0.29) is 0 Å². The van der Waals surface area contributed by atoms with E-state index >= 15 is 0 Å². The SMILES string of the molecule is CCc1ccc(C(CC)NCCc2cccc(C)c2)cc1. The van der Waals surface area contributed by atoms with Crippen molar-refractivity contribution in [2.24, 2.45) is 0 Å². The molecule has 21 heavy (non-hydrogen) atoms. The Bertz CT molecular complexity index is 542. The Morgan fingerprint density at radius 2 is 1.71 bits per heavy atom. The second kappa shape index (κ2) is 7.99. The third kappa shape index (κ3) is 4.71. The van der Waals surface area contributed by atoms with Crippen molar-refractivity contribution in [3.63, 3.8) is 0 Å². The van der Waals surface area contributed by atoms with Crippen LogP contribution in [0.25, 0.3) is 0 Å². The van der Waals surface area contributed by atoms with Gasteiger partial charge in [-0.3, -0.25) is 0 Å². The van der Waals surface area contributed by atoms with E-state index in [2.05, 4.69) is 74.6 Å². The molecule has 0 amide bonds. The van der Waals surface area contributed by atoms with E-state index < -0.39 is 0 Å². The lowest BCUT2D eigenvalue weighted by Gasteiger charge is -2.18. The van der Waals surface area contributed by atoms with Gasteiger partial charge < -0.3 is 5.32 Å². The molecule has 1 N–H and O–H groups in total. The number of rotatable bonds is 7. The van der Waals surface area contributed by atoms with E-state index in [1.165, 1.54) is 22.3 Å². The molecular formula is C20H27N. The van der Waals surface area contributed by atoms with Crippen LogP contribution in [0.4, 0.5) is 0 Å². The van der Waals surface area contributed by atoms with Crippen LogP contribution in [0.2, 0.25) is 0 Å². The fraction of sp³-hybridized carbons (Fsp3) is 0.400. The highest BCUT2D eigenvalue weighted by Crippen LogP contribution is 2.17. The van der Waals surface area contributed by atoms with Gasteiger partial charge in [0.1, 0.15) is 0 Å². The minimum atomic E-state index is 0.459. The summed E-state index contributed by atoms with van der Waals surface area (Å²) in [4.78, 5) is 0. The van der Waals surface area contributed by atoms with Gasteiger partial charge in [-0.05, 0) is 49.4 Å². The lowest BCUT2D eigenvalue weighted by molar-refractivity contribution is 0.522. The first kappa shape index (κ1) is 15.8. The maximum absolute atomic E-state index is 3.69. The van der Waals surface area contributed by atoms with Crippen LogP contribution in [0.3, 0.4) is 0 Å². The molecule has 1 heteroatoms. The summed E-state index contributed by atoms with van der Waals surface area (Å²) in [5, 5.41) is 3.69. The molecule has 112 valence electrons. The van der Waals surface area contributed by atoms with Crippen molar-refractivity contribution in [3.8, 4) is 0 Å². The van der Waals surface area contributed by atoms with E-state index in [1.54, 1.807) is 0 Å². The van der Waals surface area contributed by atoms with Crippen molar-refractivity contribution >= 4 is 0 Å². The molecule has 2 aromatic carbocycles. The lowest BCUT2D eigenvalue weighted by Crippen LogP contribution is -2.23. The van der Waals surface area contributed by atoms with Crippen molar-refractivity contribution in [2.75, 3.05) is 6.54 Å². The summed E-state index contributed by atoms with van der Waals surface area (Å²) in [6, 6.07) is 18.3. The number of hydrogen-bond acceptors (Lipinski definition) is 1. The molecule has 2 rings (SSSR count). The first-order chi connectivity index (χ1) is 10.2. The van der Waals surface area contributed by atoms with Crippen molar-refractivity contribution in [1.29, 1.82) is 0 Å². The van der Waals surface area contributed by atoms with Crippen LogP contribution in [-0.2, 0) is 12.8 Å². The molecule has 0 radical (unpaired) electrons.